The van der Waals surface area contributed by atoms with Crippen molar-refractivity contribution in [1.29, 1.82) is 0 Å². The quantitative estimate of drug-likeness (QED) is 0.493. The number of imidazole rings is 1. The van der Waals surface area contributed by atoms with Crippen molar-refractivity contribution in [2.24, 2.45) is 0 Å². The van der Waals surface area contributed by atoms with Crippen LogP contribution in [0.5, 0.6) is 0 Å². The van der Waals surface area contributed by atoms with Crippen molar-refractivity contribution in [3.05, 3.63) is 60.2 Å². The highest BCUT2D eigenvalue weighted by molar-refractivity contribution is 7.90. The lowest BCUT2D eigenvalue weighted by molar-refractivity contribution is 0.0496. The van der Waals surface area contributed by atoms with E-state index in [1.165, 1.54) is 4.40 Å². The number of hydrogen-bond acceptors (Lipinski definition) is 6. The maximum absolute atomic E-state index is 12.3. The van der Waals surface area contributed by atoms with Crippen LogP contribution in [0, 0.1) is 0 Å². The molecule has 25 heavy (non-hydrogen) atoms. The standard InChI is InChI=1S/C17H17N3O4S/c1-25(22,23)17-19-15(14-6-2-3-11-20(14)17)16(21)24-12-4-5-13-7-9-18-10-8-13/h2-3,6-11H,4-5,12H2,1H3. The zero-order valence-corrected chi connectivity index (χ0v) is 14.4. The first-order chi connectivity index (χ1) is 12.0. The molecule has 0 aliphatic carbocycles. The molecule has 0 fully saturated rings. The number of rotatable bonds is 6. The van der Waals surface area contributed by atoms with Crippen LogP contribution in [-0.4, -0.2) is 41.6 Å². The molecule has 0 N–H and O–H groups in total. The molecular formula is C17H17N3O4S. The summed E-state index contributed by atoms with van der Waals surface area (Å²) in [6, 6.07) is 8.83. The van der Waals surface area contributed by atoms with Crippen LogP contribution in [0.25, 0.3) is 5.52 Å². The monoisotopic (exact) mass is 359 g/mol. The largest absolute Gasteiger partial charge is 0.461 e. The van der Waals surface area contributed by atoms with Crippen LogP contribution < -0.4 is 0 Å². The summed E-state index contributed by atoms with van der Waals surface area (Å²) in [7, 11) is -3.57. The van der Waals surface area contributed by atoms with Gasteiger partial charge in [-0.2, -0.15) is 0 Å². The Kier molecular flexibility index (Phi) is 4.80. The summed E-state index contributed by atoms with van der Waals surface area (Å²) in [5, 5.41) is -0.174. The summed E-state index contributed by atoms with van der Waals surface area (Å²) in [5.74, 6) is -0.631. The number of pyridine rings is 2. The molecule has 0 aromatic carbocycles. The number of hydrogen-bond donors (Lipinski definition) is 0. The zero-order chi connectivity index (χ0) is 17.9. The van der Waals surface area contributed by atoms with Crippen LogP contribution in [0.15, 0.2) is 54.1 Å². The minimum absolute atomic E-state index is 0.00457. The van der Waals surface area contributed by atoms with Gasteiger partial charge in [-0.15, -0.1) is 0 Å². The van der Waals surface area contributed by atoms with Crippen LogP contribution in [-0.2, 0) is 21.0 Å². The lowest BCUT2D eigenvalue weighted by atomic mass is 10.1. The third-order valence-electron chi connectivity index (χ3n) is 3.63. The number of carbonyl (C=O) groups is 1. The summed E-state index contributed by atoms with van der Waals surface area (Å²) in [4.78, 5) is 20.2. The van der Waals surface area contributed by atoms with Gasteiger partial charge in [0, 0.05) is 24.8 Å². The van der Waals surface area contributed by atoms with Gasteiger partial charge in [0.25, 0.3) is 0 Å². The summed E-state index contributed by atoms with van der Waals surface area (Å²) in [6.45, 7) is 0.223. The molecule has 0 bridgehead atoms. The van der Waals surface area contributed by atoms with E-state index in [9.17, 15) is 13.2 Å². The van der Waals surface area contributed by atoms with E-state index in [4.69, 9.17) is 4.74 Å². The number of ether oxygens (including phenoxy) is 1. The molecule has 0 atom stereocenters. The Bertz CT molecular complexity index is 997. The molecule has 0 saturated heterocycles. The Labute approximate surface area is 145 Å². The fourth-order valence-corrected chi connectivity index (χ4v) is 3.25. The van der Waals surface area contributed by atoms with Crippen LogP contribution >= 0.6 is 0 Å². The zero-order valence-electron chi connectivity index (χ0n) is 13.6. The topological polar surface area (TPSA) is 90.6 Å². The Balaban J connectivity index is 1.72. The smallest absolute Gasteiger partial charge is 0.359 e. The van der Waals surface area contributed by atoms with Gasteiger partial charge in [-0.25, -0.2) is 18.2 Å². The molecule has 130 valence electrons. The molecule has 0 unspecified atom stereocenters. The fourth-order valence-electron chi connectivity index (χ4n) is 2.48. The van der Waals surface area contributed by atoms with Crippen LogP contribution in [0.1, 0.15) is 22.5 Å². The molecule has 3 aromatic heterocycles. The highest BCUT2D eigenvalue weighted by Crippen LogP contribution is 2.18. The first kappa shape index (κ1) is 17.1. The van der Waals surface area contributed by atoms with E-state index < -0.39 is 15.8 Å². The molecular weight excluding hydrogens is 342 g/mol. The normalized spacial score (nSPS) is 11.6. The number of esters is 1. The first-order valence-corrected chi connectivity index (χ1v) is 9.59. The third kappa shape index (κ3) is 3.85. The predicted molar refractivity (Wildman–Crippen MR) is 91.1 cm³/mol. The Morgan fingerprint density at radius 3 is 2.68 bits per heavy atom. The predicted octanol–water partition coefficient (Wildman–Crippen LogP) is 1.92. The van der Waals surface area contributed by atoms with E-state index in [2.05, 4.69) is 9.97 Å². The summed E-state index contributed by atoms with van der Waals surface area (Å²) < 4.78 is 30.4. The molecule has 3 rings (SSSR count). The highest BCUT2D eigenvalue weighted by Gasteiger charge is 2.23. The Morgan fingerprint density at radius 2 is 1.96 bits per heavy atom. The third-order valence-corrected chi connectivity index (χ3v) is 4.58. The van der Waals surface area contributed by atoms with Gasteiger partial charge in [0.1, 0.15) is 0 Å². The van der Waals surface area contributed by atoms with E-state index in [0.29, 0.717) is 11.9 Å². The van der Waals surface area contributed by atoms with E-state index >= 15 is 0 Å². The van der Waals surface area contributed by atoms with Crippen molar-refractivity contribution < 1.29 is 17.9 Å². The van der Waals surface area contributed by atoms with Gasteiger partial charge in [-0.3, -0.25) is 9.38 Å². The number of nitrogens with zero attached hydrogens (tertiary/aromatic N) is 3. The molecule has 7 nitrogen and oxygen atoms in total. The Hall–Kier alpha value is -2.74. The summed E-state index contributed by atoms with van der Waals surface area (Å²) in [6.07, 6.45) is 7.45. The van der Waals surface area contributed by atoms with Crippen LogP contribution in [0.2, 0.25) is 0 Å². The van der Waals surface area contributed by atoms with E-state index in [0.717, 1.165) is 18.2 Å². The van der Waals surface area contributed by atoms with Crippen LogP contribution in [0.4, 0.5) is 0 Å². The van der Waals surface area contributed by atoms with Crippen molar-refractivity contribution in [1.82, 2.24) is 14.4 Å². The Morgan fingerprint density at radius 1 is 1.20 bits per heavy atom. The number of aryl methyl sites for hydroxylation is 1. The minimum Gasteiger partial charge on any atom is -0.461 e. The second kappa shape index (κ2) is 7.02. The van der Waals surface area contributed by atoms with Crippen molar-refractivity contribution in [2.75, 3.05) is 12.9 Å². The lowest BCUT2D eigenvalue weighted by Crippen LogP contribution is -2.08. The molecule has 8 heteroatoms. The number of carbonyl (C=O) groups excluding carboxylic acids is 1. The molecule has 3 heterocycles. The van der Waals surface area contributed by atoms with E-state index in [1.54, 1.807) is 36.8 Å². The van der Waals surface area contributed by atoms with E-state index in [1.807, 2.05) is 12.1 Å². The van der Waals surface area contributed by atoms with Crippen molar-refractivity contribution >= 4 is 21.3 Å². The second-order valence-corrected chi connectivity index (χ2v) is 7.48. The van der Waals surface area contributed by atoms with Crippen LogP contribution in [0.3, 0.4) is 0 Å². The lowest BCUT2D eigenvalue weighted by Gasteiger charge is -2.03. The number of aromatic nitrogens is 3. The van der Waals surface area contributed by atoms with Crippen molar-refractivity contribution in [3.8, 4) is 0 Å². The maximum atomic E-state index is 12.3. The first-order valence-electron chi connectivity index (χ1n) is 7.70. The second-order valence-electron chi connectivity index (χ2n) is 5.57. The van der Waals surface area contributed by atoms with E-state index in [-0.39, 0.29) is 17.5 Å². The van der Waals surface area contributed by atoms with Gasteiger partial charge in [-0.1, -0.05) is 6.07 Å². The highest BCUT2D eigenvalue weighted by atomic mass is 32.2. The molecule has 0 radical (unpaired) electrons. The average molecular weight is 359 g/mol. The molecule has 0 saturated carbocycles. The molecule has 3 aromatic rings. The number of fused-ring (bicyclic) bond motifs is 1. The van der Waals surface area contributed by atoms with Gasteiger partial charge in [0.2, 0.25) is 15.0 Å². The van der Waals surface area contributed by atoms with Gasteiger partial charge in [-0.05, 0) is 42.7 Å². The van der Waals surface area contributed by atoms with Crippen molar-refractivity contribution in [2.45, 2.75) is 18.0 Å². The van der Waals surface area contributed by atoms with Gasteiger partial charge in [0.15, 0.2) is 5.69 Å². The molecule has 0 aliphatic heterocycles. The minimum atomic E-state index is -3.57. The molecule has 0 aliphatic rings. The van der Waals surface area contributed by atoms with Gasteiger partial charge < -0.3 is 4.74 Å². The van der Waals surface area contributed by atoms with Gasteiger partial charge in [0.05, 0.1) is 12.1 Å². The molecule has 0 amide bonds. The van der Waals surface area contributed by atoms with Crippen molar-refractivity contribution in [3.63, 3.8) is 0 Å². The average Bonchev–Trinajstić information content (AvgIpc) is 2.99. The SMILES string of the molecule is CS(=O)(=O)c1nc(C(=O)OCCCc2ccncc2)c2ccccn12. The summed E-state index contributed by atoms with van der Waals surface area (Å²) in [5.41, 5.74) is 1.52. The summed E-state index contributed by atoms with van der Waals surface area (Å²) >= 11 is 0. The maximum Gasteiger partial charge on any atom is 0.359 e. The number of sulfone groups is 1. The molecule has 0 spiro atoms. The van der Waals surface area contributed by atoms with Gasteiger partial charge >= 0.3 is 5.97 Å². The fraction of sp³-hybridized carbons (Fsp3) is 0.235.